The quantitative estimate of drug-likeness (QED) is 0.585. The van der Waals surface area contributed by atoms with E-state index in [0.717, 1.165) is 36.8 Å². The monoisotopic (exact) mass is 400 g/mol. The first-order valence-electron chi connectivity index (χ1n) is 10.2. The van der Waals surface area contributed by atoms with Gasteiger partial charge in [0.15, 0.2) is 6.10 Å². The van der Waals surface area contributed by atoms with Crippen molar-refractivity contribution in [3.8, 4) is 0 Å². The average molecular weight is 400 g/mol. The lowest BCUT2D eigenvalue weighted by molar-refractivity contribution is -0.154. The zero-order chi connectivity index (χ0) is 21.1. The number of aryl methyl sites for hydroxylation is 2. The van der Waals surface area contributed by atoms with Crippen LogP contribution >= 0.6 is 0 Å². The zero-order valence-corrected chi connectivity index (χ0v) is 17.2. The Balaban J connectivity index is 1.49. The van der Waals surface area contributed by atoms with Gasteiger partial charge in [0.2, 0.25) is 11.8 Å². The highest BCUT2D eigenvalue weighted by Crippen LogP contribution is 2.37. The van der Waals surface area contributed by atoms with E-state index >= 15 is 0 Å². The predicted molar refractivity (Wildman–Crippen MR) is 107 cm³/mol. The van der Waals surface area contributed by atoms with Crippen molar-refractivity contribution in [3.05, 3.63) is 29.3 Å². The molecule has 1 aliphatic heterocycles. The molecule has 0 radical (unpaired) electrons. The van der Waals surface area contributed by atoms with Gasteiger partial charge in [0.05, 0.1) is 18.3 Å². The van der Waals surface area contributed by atoms with Gasteiger partial charge >= 0.3 is 5.97 Å². The minimum atomic E-state index is -0.976. The van der Waals surface area contributed by atoms with E-state index in [1.165, 1.54) is 11.8 Å². The molecule has 1 aromatic carbocycles. The number of fused-ring (bicyclic) bond motifs is 1. The van der Waals surface area contributed by atoms with Crippen molar-refractivity contribution in [2.45, 2.75) is 59.0 Å². The van der Waals surface area contributed by atoms with Gasteiger partial charge in [-0.15, -0.1) is 0 Å². The number of carbonyl (C=O) groups excluding carboxylic acids is 4. The molecule has 1 aromatic rings. The maximum Gasteiger partial charge on any atom is 0.308 e. The molecule has 2 aliphatic rings. The highest BCUT2D eigenvalue weighted by atomic mass is 16.5. The summed E-state index contributed by atoms with van der Waals surface area (Å²) >= 11 is 0. The summed E-state index contributed by atoms with van der Waals surface area (Å²) < 4.78 is 5.20. The molecule has 1 aliphatic carbocycles. The number of likely N-dealkylation sites (tertiary alicyclic amines) is 1. The molecular weight excluding hydrogens is 372 g/mol. The summed E-state index contributed by atoms with van der Waals surface area (Å²) in [6.07, 6.45) is 2.32. The van der Waals surface area contributed by atoms with Crippen LogP contribution in [0, 0.1) is 25.7 Å². The van der Waals surface area contributed by atoms with Crippen LogP contribution in [0.1, 0.15) is 50.2 Å². The summed E-state index contributed by atoms with van der Waals surface area (Å²) in [6, 6.07) is 5.65. The lowest BCUT2D eigenvalue weighted by Crippen LogP contribution is -2.35. The van der Waals surface area contributed by atoms with Gasteiger partial charge in [-0.25, -0.2) is 0 Å². The number of amides is 3. The number of esters is 1. The zero-order valence-electron chi connectivity index (χ0n) is 17.2. The van der Waals surface area contributed by atoms with Crippen LogP contribution in [-0.2, 0) is 23.9 Å². The van der Waals surface area contributed by atoms with Crippen LogP contribution in [0.5, 0.6) is 0 Å². The van der Waals surface area contributed by atoms with Gasteiger partial charge in [-0.1, -0.05) is 30.5 Å². The van der Waals surface area contributed by atoms with Crippen molar-refractivity contribution in [1.29, 1.82) is 0 Å². The molecule has 1 saturated carbocycles. The highest BCUT2D eigenvalue weighted by molar-refractivity contribution is 6.05. The molecule has 3 rings (SSSR count). The van der Waals surface area contributed by atoms with Crippen molar-refractivity contribution in [3.63, 3.8) is 0 Å². The van der Waals surface area contributed by atoms with Crippen LogP contribution in [0.2, 0.25) is 0 Å². The van der Waals surface area contributed by atoms with Crippen LogP contribution < -0.4 is 5.32 Å². The second-order valence-corrected chi connectivity index (χ2v) is 8.02. The first-order chi connectivity index (χ1) is 13.8. The second kappa shape index (κ2) is 8.76. The lowest BCUT2D eigenvalue weighted by atomic mass is 9.81. The maximum absolute atomic E-state index is 12.4. The summed E-state index contributed by atoms with van der Waals surface area (Å²) in [5.74, 6) is -1.83. The molecule has 1 heterocycles. The van der Waals surface area contributed by atoms with Gasteiger partial charge in [0.1, 0.15) is 0 Å². The Bertz CT molecular complexity index is 810. The van der Waals surface area contributed by atoms with Crippen molar-refractivity contribution in [2.24, 2.45) is 11.8 Å². The molecule has 0 unspecified atom stereocenters. The fourth-order valence-corrected chi connectivity index (χ4v) is 4.15. The number of benzene rings is 1. The summed E-state index contributed by atoms with van der Waals surface area (Å²) in [4.78, 5) is 50.5. The minimum absolute atomic E-state index is 0.00884. The number of hydrogen-bond donors (Lipinski definition) is 1. The molecule has 0 aromatic heterocycles. The van der Waals surface area contributed by atoms with Gasteiger partial charge in [0, 0.05) is 12.2 Å². The third kappa shape index (κ3) is 4.66. The number of nitrogens with zero attached hydrogens (tertiary/aromatic N) is 1. The third-order valence-corrected chi connectivity index (χ3v) is 5.79. The first kappa shape index (κ1) is 21.0. The standard InChI is InChI=1S/C22H28N2O5/c1-13-8-9-18(14(2)12-13)23-20(26)15(3)29-19(25)10-11-24-21(27)16-6-4-5-7-17(16)22(24)28/h8-9,12,15-17H,4-7,10-11H2,1-3H3,(H,23,26)/t15-,16+,17+/m1/s1. The fourth-order valence-electron chi connectivity index (χ4n) is 4.15. The lowest BCUT2D eigenvalue weighted by Gasteiger charge is -2.19. The summed E-state index contributed by atoms with van der Waals surface area (Å²) in [5.41, 5.74) is 2.68. The Morgan fingerprint density at radius 3 is 2.34 bits per heavy atom. The number of rotatable bonds is 6. The van der Waals surface area contributed by atoms with E-state index < -0.39 is 18.0 Å². The number of imide groups is 1. The fraction of sp³-hybridized carbons (Fsp3) is 0.545. The molecule has 3 atom stereocenters. The van der Waals surface area contributed by atoms with Crippen LogP contribution in [-0.4, -0.2) is 41.2 Å². The molecule has 7 nitrogen and oxygen atoms in total. The van der Waals surface area contributed by atoms with Crippen LogP contribution in [0.15, 0.2) is 18.2 Å². The van der Waals surface area contributed by atoms with Crippen molar-refractivity contribution >= 4 is 29.4 Å². The van der Waals surface area contributed by atoms with Gasteiger partial charge in [0.25, 0.3) is 5.91 Å². The first-order valence-corrected chi connectivity index (χ1v) is 10.2. The Hall–Kier alpha value is -2.70. The number of hydrogen-bond acceptors (Lipinski definition) is 5. The Kier molecular flexibility index (Phi) is 6.35. The summed E-state index contributed by atoms with van der Waals surface area (Å²) in [7, 11) is 0. The third-order valence-electron chi connectivity index (χ3n) is 5.79. The van der Waals surface area contributed by atoms with Gasteiger partial charge in [-0.2, -0.15) is 0 Å². The topological polar surface area (TPSA) is 92.8 Å². The minimum Gasteiger partial charge on any atom is -0.452 e. The normalized spacial score (nSPS) is 22.2. The largest absolute Gasteiger partial charge is 0.452 e. The van der Waals surface area contributed by atoms with Gasteiger partial charge < -0.3 is 10.1 Å². The molecule has 29 heavy (non-hydrogen) atoms. The average Bonchev–Trinajstić information content (AvgIpc) is 2.93. The smallest absolute Gasteiger partial charge is 0.308 e. The molecule has 2 fully saturated rings. The van der Waals surface area contributed by atoms with E-state index in [4.69, 9.17) is 4.74 Å². The van der Waals surface area contributed by atoms with Crippen LogP contribution in [0.4, 0.5) is 5.69 Å². The van der Waals surface area contributed by atoms with Crippen molar-refractivity contribution < 1.29 is 23.9 Å². The molecule has 1 N–H and O–H groups in total. The van der Waals surface area contributed by atoms with E-state index in [-0.39, 0.29) is 36.6 Å². The van der Waals surface area contributed by atoms with Gasteiger partial charge in [-0.05, 0) is 45.2 Å². The van der Waals surface area contributed by atoms with E-state index in [1.54, 1.807) is 6.07 Å². The molecular formula is C22H28N2O5. The predicted octanol–water partition coefficient (Wildman–Crippen LogP) is 2.74. The van der Waals surface area contributed by atoms with E-state index in [2.05, 4.69) is 5.32 Å². The van der Waals surface area contributed by atoms with Crippen LogP contribution in [0.3, 0.4) is 0 Å². The van der Waals surface area contributed by atoms with E-state index in [9.17, 15) is 19.2 Å². The Morgan fingerprint density at radius 1 is 1.14 bits per heavy atom. The molecule has 7 heteroatoms. The number of nitrogens with one attached hydrogen (secondary N) is 1. The van der Waals surface area contributed by atoms with Gasteiger partial charge in [-0.3, -0.25) is 24.1 Å². The van der Waals surface area contributed by atoms with Crippen molar-refractivity contribution in [2.75, 3.05) is 11.9 Å². The highest BCUT2D eigenvalue weighted by Gasteiger charge is 2.47. The Morgan fingerprint density at radius 2 is 1.76 bits per heavy atom. The molecule has 0 bridgehead atoms. The number of carbonyl (C=O) groups is 4. The molecule has 0 spiro atoms. The number of anilines is 1. The second-order valence-electron chi connectivity index (χ2n) is 8.02. The maximum atomic E-state index is 12.4. The van der Waals surface area contributed by atoms with E-state index in [0.29, 0.717) is 5.69 Å². The molecule has 1 saturated heterocycles. The SMILES string of the molecule is Cc1ccc(NC(=O)[C@@H](C)OC(=O)CCN2C(=O)[C@H]3CCCC[C@@H]3C2=O)c(C)c1. The molecule has 3 amide bonds. The van der Waals surface area contributed by atoms with Crippen LogP contribution in [0.25, 0.3) is 0 Å². The number of ether oxygens (including phenoxy) is 1. The summed E-state index contributed by atoms with van der Waals surface area (Å²) in [6.45, 7) is 5.36. The Labute approximate surface area is 170 Å². The molecule has 156 valence electrons. The summed E-state index contributed by atoms with van der Waals surface area (Å²) in [5, 5.41) is 2.75. The van der Waals surface area contributed by atoms with E-state index in [1.807, 2.05) is 26.0 Å². The van der Waals surface area contributed by atoms with Crippen molar-refractivity contribution in [1.82, 2.24) is 4.90 Å².